The number of rotatable bonds is 11. The van der Waals surface area contributed by atoms with E-state index in [9.17, 15) is 9.59 Å². The van der Waals surface area contributed by atoms with E-state index >= 15 is 0 Å². The Bertz CT molecular complexity index is 1290. The third-order valence-corrected chi connectivity index (χ3v) is 9.01. The lowest BCUT2D eigenvalue weighted by atomic mass is 9.95. The number of fused-ring (bicyclic) bond motifs is 1. The summed E-state index contributed by atoms with van der Waals surface area (Å²) >= 11 is 6.12. The van der Waals surface area contributed by atoms with Crippen LogP contribution in [0.4, 0.5) is 0 Å². The highest BCUT2D eigenvalue weighted by atomic mass is 35.5. The van der Waals surface area contributed by atoms with Gasteiger partial charge in [0.25, 0.3) is 0 Å². The van der Waals surface area contributed by atoms with Crippen LogP contribution in [-0.2, 0) is 4.79 Å². The van der Waals surface area contributed by atoms with E-state index in [-0.39, 0.29) is 23.8 Å². The first kappa shape index (κ1) is 28.8. The van der Waals surface area contributed by atoms with E-state index in [1.54, 1.807) is 0 Å². The molecule has 0 saturated carbocycles. The Hall–Kier alpha value is -2.73. The Labute approximate surface area is 243 Å². The molecule has 3 atom stereocenters. The van der Waals surface area contributed by atoms with Crippen LogP contribution in [0, 0.1) is 0 Å². The molecule has 2 saturated heterocycles. The molecule has 40 heavy (non-hydrogen) atoms. The molecule has 0 bridgehead atoms. The van der Waals surface area contributed by atoms with Crippen LogP contribution < -0.4 is 5.32 Å². The number of hydrogen-bond acceptors (Lipinski definition) is 4. The SMILES string of the molecule is CC[C@H](CN1CC[C@@H](CCC(=O)c2ccc3cc(Cl)ccc3c2)N[C@@H](CCN2CCCC2)C1=O)c1ccccc1. The van der Waals surface area contributed by atoms with Crippen molar-refractivity contribution in [2.75, 3.05) is 32.7 Å². The molecule has 3 aromatic carbocycles. The fraction of sp³-hybridized carbons (Fsp3) is 0.471. The number of benzene rings is 3. The summed E-state index contributed by atoms with van der Waals surface area (Å²) in [6, 6.07) is 22.1. The molecule has 3 aromatic rings. The molecule has 2 heterocycles. The van der Waals surface area contributed by atoms with Crippen LogP contribution in [0.25, 0.3) is 10.8 Å². The molecule has 0 aliphatic carbocycles. The number of amides is 1. The maximum atomic E-state index is 13.9. The second-order valence-electron chi connectivity index (χ2n) is 11.5. The number of nitrogens with zero attached hydrogens (tertiary/aromatic N) is 2. The van der Waals surface area contributed by atoms with Crippen molar-refractivity contribution in [3.8, 4) is 0 Å². The van der Waals surface area contributed by atoms with Crippen LogP contribution in [0.1, 0.15) is 73.7 Å². The van der Waals surface area contributed by atoms with Gasteiger partial charge in [-0.3, -0.25) is 9.59 Å². The van der Waals surface area contributed by atoms with Crippen LogP contribution in [0.15, 0.2) is 66.7 Å². The van der Waals surface area contributed by atoms with Gasteiger partial charge in [0.2, 0.25) is 5.91 Å². The Morgan fingerprint density at radius 3 is 2.50 bits per heavy atom. The van der Waals surface area contributed by atoms with Gasteiger partial charge in [0.15, 0.2) is 5.78 Å². The van der Waals surface area contributed by atoms with Crippen molar-refractivity contribution in [3.05, 3.63) is 82.9 Å². The van der Waals surface area contributed by atoms with Gasteiger partial charge in [0.05, 0.1) is 6.04 Å². The highest BCUT2D eigenvalue weighted by Gasteiger charge is 2.32. The topological polar surface area (TPSA) is 52.7 Å². The Morgan fingerprint density at radius 1 is 0.975 bits per heavy atom. The molecule has 2 fully saturated rings. The second kappa shape index (κ2) is 13.8. The molecular weight excluding hydrogens is 518 g/mol. The molecule has 5 rings (SSSR count). The molecule has 0 spiro atoms. The van der Waals surface area contributed by atoms with Crippen molar-refractivity contribution in [3.63, 3.8) is 0 Å². The lowest BCUT2D eigenvalue weighted by molar-refractivity contribution is -0.133. The first-order valence-electron chi connectivity index (χ1n) is 15.0. The molecule has 0 radical (unpaired) electrons. The maximum Gasteiger partial charge on any atom is 0.239 e. The number of likely N-dealkylation sites (tertiary alicyclic amines) is 1. The minimum Gasteiger partial charge on any atom is -0.341 e. The van der Waals surface area contributed by atoms with Gasteiger partial charge in [-0.1, -0.05) is 67.1 Å². The van der Waals surface area contributed by atoms with E-state index in [0.717, 1.165) is 74.7 Å². The first-order chi connectivity index (χ1) is 19.5. The van der Waals surface area contributed by atoms with Crippen molar-refractivity contribution in [1.82, 2.24) is 15.1 Å². The Morgan fingerprint density at radius 2 is 1.73 bits per heavy atom. The van der Waals surface area contributed by atoms with Gasteiger partial charge in [0, 0.05) is 48.6 Å². The number of halogens is 1. The molecule has 0 unspecified atom stereocenters. The summed E-state index contributed by atoms with van der Waals surface area (Å²) in [5, 5.41) is 6.47. The molecule has 1 amide bonds. The van der Waals surface area contributed by atoms with E-state index in [2.05, 4.69) is 46.3 Å². The van der Waals surface area contributed by atoms with Crippen molar-refractivity contribution < 1.29 is 9.59 Å². The molecule has 5 nitrogen and oxygen atoms in total. The standard InChI is InChI=1S/C34H42ClN3O2/c1-2-25(26-8-4-3-5-9-26)24-38-21-16-31(36-32(34(38)40)17-20-37-18-6-7-19-37)14-15-33(39)29-11-10-28-23-30(35)13-12-27(28)22-29/h3-5,8-13,22-23,25,31-32,36H,2,6-7,14-21,24H2,1H3/t25-,31-,32+/m1/s1. The van der Waals surface area contributed by atoms with Crippen LogP contribution in [0.5, 0.6) is 0 Å². The molecule has 1 N–H and O–H groups in total. The zero-order chi connectivity index (χ0) is 27.9. The Balaban J connectivity index is 1.25. The molecule has 212 valence electrons. The predicted molar refractivity (Wildman–Crippen MR) is 164 cm³/mol. The third kappa shape index (κ3) is 7.31. The van der Waals surface area contributed by atoms with E-state index < -0.39 is 0 Å². The number of carbonyl (C=O) groups excluding carboxylic acids is 2. The largest absolute Gasteiger partial charge is 0.341 e. The van der Waals surface area contributed by atoms with Crippen LogP contribution in [-0.4, -0.2) is 66.3 Å². The fourth-order valence-corrected chi connectivity index (χ4v) is 6.50. The molecule has 2 aliphatic rings. The zero-order valence-electron chi connectivity index (χ0n) is 23.7. The van der Waals surface area contributed by atoms with Gasteiger partial charge < -0.3 is 15.1 Å². The van der Waals surface area contributed by atoms with Crippen LogP contribution in [0.3, 0.4) is 0 Å². The van der Waals surface area contributed by atoms with Crippen molar-refractivity contribution >= 4 is 34.1 Å². The zero-order valence-corrected chi connectivity index (χ0v) is 24.4. The highest BCUT2D eigenvalue weighted by Crippen LogP contribution is 2.25. The number of nitrogens with one attached hydrogen (secondary N) is 1. The van der Waals surface area contributed by atoms with E-state index in [1.807, 2.05) is 42.5 Å². The average Bonchev–Trinajstić information content (AvgIpc) is 3.46. The Kier molecular flexibility index (Phi) is 9.90. The van der Waals surface area contributed by atoms with Crippen molar-refractivity contribution in [2.24, 2.45) is 0 Å². The summed E-state index contributed by atoms with van der Waals surface area (Å²) in [5.41, 5.74) is 2.03. The third-order valence-electron chi connectivity index (χ3n) is 8.78. The summed E-state index contributed by atoms with van der Waals surface area (Å²) in [5.74, 6) is 0.690. The number of ketones is 1. The van der Waals surface area contributed by atoms with Gasteiger partial charge >= 0.3 is 0 Å². The summed E-state index contributed by atoms with van der Waals surface area (Å²) in [4.78, 5) is 31.6. The highest BCUT2D eigenvalue weighted by molar-refractivity contribution is 6.31. The monoisotopic (exact) mass is 559 g/mol. The number of Topliss-reactive ketones (excluding diaryl/α,β-unsaturated/α-hetero) is 1. The van der Waals surface area contributed by atoms with Crippen LogP contribution in [0.2, 0.25) is 5.02 Å². The van der Waals surface area contributed by atoms with Crippen molar-refractivity contribution in [1.29, 1.82) is 0 Å². The lowest BCUT2D eigenvalue weighted by Gasteiger charge is -2.29. The molecule has 2 aliphatic heterocycles. The number of hydrogen-bond donors (Lipinski definition) is 1. The maximum absolute atomic E-state index is 13.9. The number of carbonyl (C=O) groups is 2. The first-order valence-corrected chi connectivity index (χ1v) is 15.4. The van der Waals surface area contributed by atoms with Gasteiger partial charge in [-0.15, -0.1) is 0 Å². The summed E-state index contributed by atoms with van der Waals surface area (Å²) < 4.78 is 0. The van der Waals surface area contributed by atoms with Gasteiger partial charge in [-0.25, -0.2) is 0 Å². The van der Waals surface area contributed by atoms with Gasteiger partial charge in [-0.05, 0) is 86.1 Å². The molecular formula is C34H42ClN3O2. The minimum absolute atomic E-state index is 0.137. The van der Waals surface area contributed by atoms with Gasteiger partial charge in [-0.2, -0.15) is 0 Å². The van der Waals surface area contributed by atoms with Crippen molar-refractivity contribution in [2.45, 2.75) is 69.9 Å². The predicted octanol–water partition coefficient (Wildman–Crippen LogP) is 6.69. The summed E-state index contributed by atoms with van der Waals surface area (Å²) in [7, 11) is 0. The quantitative estimate of drug-likeness (QED) is 0.266. The molecule has 6 heteroatoms. The lowest BCUT2D eigenvalue weighted by Crippen LogP contribution is -2.48. The summed E-state index contributed by atoms with van der Waals surface area (Å²) in [6.45, 7) is 6.89. The molecule has 0 aromatic heterocycles. The fourth-order valence-electron chi connectivity index (χ4n) is 6.32. The van der Waals surface area contributed by atoms with E-state index in [4.69, 9.17) is 11.6 Å². The van der Waals surface area contributed by atoms with Crippen LogP contribution >= 0.6 is 11.6 Å². The normalized spacial score (nSPS) is 21.1. The van der Waals surface area contributed by atoms with E-state index in [0.29, 0.717) is 17.4 Å². The summed E-state index contributed by atoms with van der Waals surface area (Å²) in [6.07, 6.45) is 6.37. The smallest absolute Gasteiger partial charge is 0.239 e. The minimum atomic E-state index is -0.207. The van der Waals surface area contributed by atoms with E-state index in [1.165, 1.54) is 18.4 Å². The average molecular weight is 560 g/mol. The van der Waals surface area contributed by atoms with Gasteiger partial charge in [0.1, 0.15) is 0 Å². The second-order valence-corrected chi connectivity index (χ2v) is 11.9.